The summed E-state index contributed by atoms with van der Waals surface area (Å²) in [4.78, 5) is 18.6. The van der Waals surface area contributed by atoms with Crippen LogP contribution in [0.1, 0.15) is 50.6 Å². The van der Waals surface area contributed by atoms with Crippen molar-refractivity contribution in [2.24, 2.45) is 7.05 Å². The number of hydrogen-bond donors (Lipinski definition) is 0. The predicted molar refractivity (Wildman–Crippen MR) is 174 cm³/mol. The SMILES string of the molecule is CCOC(=O)[C@@H](OC(C)(C)C)c1c(C)cc2nc(-c3ccc4c(c3)c(C3=CCOC3)nn4C)sc2c1-c1ccc(Cl)cc1. The fraction of sp³-hybridized carbons (Fsp3) is 0.324. The average molecular weight is 616 g/mol. The Bertz CT molecular complexity index is 1880. The first-order valence-corrected chi connectivity index (χ1v) is 15.5. The highest BCUT2D eigenvalue weighted by Gasteiger charge is 2.33. The normalized spacial score (nSPS) is 14.4. The number of benzene rings is 3. The Morgan fingerprint density at radius 2 is 1.88 bits per heavy atom. The maximum atomic E-state index is 13.4. The largest absolute Gasteiger partial charge is 0.464 e. The number of aryl methyl sites for hydroxylation is 2. The number of nitrogens with zero attached hydrogens (tertiary/aromatic N) is 3. The molecule has 0 bridgehead atoms. The quantitative estimate of drug-likeness (QED) is 0.171. The Kier molecular flexibility index (Phi) is 7.89. The molecule has 0 N–H and O–H groups in total. The number of esters is 1. The summed E-state index contributed by atoms with van der Waals surface area (Å²) in [5.74, 6) is -0.417. The number of carbonyl (C=O) groups excluding carboxylic acids is 1. The molecule has 2 aromatic heterocycles. The van der Waals surface area contributed by atoms with Crippen LogP contribution >= 0.6 is 22.9 Å². The van der Waals surface area contributed by atoms with Crippen molar-refractivity contribution in [1.82, 2.24) is 14.8 Å². The fourth-order valence-electron chi connectivity index (χ4n) is 5.56. The highest BCUT2D eigenvalue weighted by molar-refractivity contribution is 7.22. The van der Waals surface area contributed by atoms with Crippen molar-refractivity contribution in [3.63, 3.8) is 0 Å². The molecule has 1 aliphatic rings. The molecule has 5 aromatic rings. The van der Waals surface area contributed by atoms with Crippen LogP contribution in [0.5, 0.6) is 0 Å². The second kappa shape index (κ2) is 11.5. The summed E-state index contributed by atoms with van der Waals surface area (Å²) < 4.78 is 20.4. The van der Waals surface area contributed by atoms with E-state index in [1.54, 1.807) is 18.3 Å². The minimum absolute atomic E-state index is 0.257. The Balaban J connectivity index is 1.58. The number of thiazole rings is 1. The molecule has 0 spiro atoms. The molecule has 7 nitrogen and oxygen atoms in total. The van der Waals surface area contributed by atoms with Gasteiger partial charge in [-0.05, 0) is 82.1 Å². The van der Waals surface area contributed by atoms with Gasteiger partial charge in [-0.15, -0.1) is 11.3 Å². The van der Waals surface area contributed by atoms with Crippen LogP contribution in [0.4, 0.5) is 0 Å². The van der Waals surface area contributed by atoms with Crippen molar-refractivity contribution < 1.29 is 19.0 Å². The van der Waals surface area contributed by atoms with E-state index in [-0.39, 0.29) is 6.61 Å². The van der Waals surface area contributed by atoms with Crippen molar-refractivity contribution >= 4 is 55.6 Å². The molecule has 0 radical (unpaired) electrons. The van der Waals surface area contributed by atoms with E-state index in [9.17, 15) is 4.79 Å². The maximum absolute atomic E-state index is 13.4. The number of halogens is 1. The van der Waals surface area contributed by atoms with Gasteiger partial charge in [0.25, 0.3) is 0 Å². The van der Waals surface area contributed by atoms with Crippen molar-refractivity contribution in [2.45, 2.75) is 46.3 Å². The van der Waals surface area contributed by atoms with E-state index in [1.165, 1.54) is 0 Å². The zero-order chi connectivity index (χ0) is 30.5. The van der Waals surface area contributed by atoms with E-state index in [2.05, 4.69) is 24.3 Å². The number of rotatable bonds is 7. The molecule has 0 aliphatic carbocycles. The number of carbonyl (C=O) groups is 1. The first kappa shape index (κ1) is 29.5. The van der Waals surface area contributed by atoms with E-state index in [1.807, 2.05) is 69.8 Å². The van der Waals surface area contributed by atoms with E-state index in [4.69, 9.17) is 35.9 Å². The van der Waals surface area contributed by atoms with Gasteiger partial charge in [-0.25, -0.2) is 9.78 Å². The molecule has 9 heteroatoms. The highest BCUT2D eigenvalue weighted by atomic mass is 35.5. The number of ether oxygens (including phenoxy) is 3. The summed E-state index contributed by atoms with van der Waals surface area (Å²) in [5.41, 5.74) is 7.83. The summed E-state index contributed by atoms with van der Waals surface area (Å²) in [6, 6.07) is 16.1. The molecule has 222 valence electrons. The van der Waals surface area contributed by atoms with Gasteiger partial charge in [0.05, 0.1) is 46.8 Å². The summed E-state index contributed by atoms with van der Waals surface area (Å²) in [6.07, 6.45) is 1.17. The second-order valence-corrected chi connectivity index (χ2v) is 13.1. The lowest BCUT2D eigenvalue weighted by Gasteiger charge is -2.29. The van der Waals surface area contributed by atoms with Gasteiger partial charge in [-0.3, -0.25) is 4.68 Å². The van der Waals surface area contributed by atoms with Crippen molar-refractivity contribution in [2.75, 3.05) is 19.8 Å². The number of fused-ring (bicyclic) bond motifs is 2. The second-order valence-electron chi connectivity index (χ2n) is 11.7. The van der Waals surface area contributed by atoms with Gasteiger partial charge in [0.1, 0.15) is 5.01 Å². The van der Waals surface area contributed by atoms with Crippen LogP contribution in [-0.4, -0.2) is 46.2 Å². The van der Waals surface area contributed by atoms with E-state index < -0.39 is 17.7 Å². The third-order valence-electron chi connectivity index (χ3n) is 7.40. The average Bonchev–Trinajstić information content (AvgIpc) is 3.70. The predicted octanol–water partition coefficient (Wildman–Crippen LogP) is 8.31. The molecule has 0 saturated carbocycles. The zero-order valence-electron chi connectivity index (χ0n) is 25.2. The van der Waals surface area contributed by atoms with Crippen LogP contribution in [0.2, 0.25) is 5.02 Å². The Hall–Kier alpha value is -3.56. The minimum atomic E-state index is -0.920. The lowest BCUT2D eigenvalue weighted by atomic mass is 9.91. The lowest BCUT2D eigenvalue weighted by Crippen LogP contribution is -2.29. The van der Waals surface area contributed by atoms with Gasteiger partial charge >= 0.3 is 5.97 Å². The van der Waals surface area contributed by atoms with Crippen molar-refractivity contribution in [1.29, 1.82) is 0 Å². The van der Waals surface area contributed by atoms with Crippen molar-refractivity contribution in [3.05, 3.63) is 76.5 Å². The first-order chi connectivity index (χ1) is 20.5. The monoisotopic (exact) mass is 615 g/mol. The molecule has 1 aliphatic heterocycles. The fourth-order valence-corrected chi connectivity index (χ4v) is 6.81. The third-order valence-corrected chi connectivity index (χ3v) is 8.79. The van der Waals surface area contributed by atoms with Crippen LogP contribution in [0.25, 0.3) is 48.4 Å². The van der Waals surface area contributed by atoms with Gasteiger partial charge < -0.3 is 14.2 Å². The zero-order valence-corrected chi connectivity index (χ0v) is 26.7. The molecule has 0 unspecified atom stereocenters. The van der Waals surface area contributed by atoms with Crippen LogP contribution in [0.3, 0.4) is 0 Å². The Morgan fingerprint density at radius 3 is 2.56 bits per heavy atom. The number of hydrogen-bond acceptors (Lipinski definition) is 7. The van der Waals surface area contributed by atoms with Gasteiger partial charge in [-0.1, -0.05) is 29.8 Å². The Morgan fingerprint density at radius 1 is 1.14 bits per heavy atom. The van der Waals surface area contributed by atoms with Crippen LogP contribution in [0.15, 0.2) is 54.6 Å². The minimum Gasteiger partial charge on any atom is -0.464 e. The molecule has 43 heavy (non-hydrogen) atoms. The van der Waals surface area contributed by atoms with Crippen LogP contribution in [0, 0.1) is 6.92 Å². The lowest BCUT2D eigenvalue weighted by molar-refractivity contribution is -0.166. The van der Waals surface area contributed by atoms with Crippen LogP contribution in [-0.2, 0) is 26.1 Å². The van der Waals surface area contributed by atoms with E-state index in [0.717, 1.165) is 65.2 Å². The smallest absolute Gasteiger partial charge is 0.339 e. The molecular weight excluding hydrogens is 582 g/mol. The first-order valence-electron chi connectivity index (χ1n) is 14.3. The molecule has 0 amide bonds. The summed E-state index contributed by atoms with van der Waals surface area (Å²) in [6.45, 7) is 11.0. The van der Waals surface area contributed by atoms with E-state index >= 15 is 0 Å². The highest BCUT2D eigenvalue weighted by Crippen LogP contribution is 2.45. The standard InChI is InChI=1S/C34H34ClN3O4S/c1-7-41-33(39)30(42-34(3,4)5)27-19(2)16-25-31(28(27)20-8-11-23(35)12-9-20)43-32(36-25)21-10-13-26-24(17-21)29(37-38(26)6)22-14-15-40-18-22/h8-14,16-17,30H,7,15,18H2,1-6H3/t30-/m0/s1. The Labute approximate surface area is 260 Å². The van der Waals surface area contributed by atoms with Crippen molar-refractivity contribution in [3.8, 4) is 21.7 Å². The third kappa shape index (κ3) is 5.72. The molecule has 0 fully saturated rings. The van der Waals surface area contributed by atoms with Gasteiger partial charge in [-0.2, -0.15) is 5.10 Å². The van der Waals surface area contributed by atoms with Gasteiger partial charge in [0, 0.05) is 39.7 Å². The summed E-state index contributed by atoms with van der Waals surface area (Å²) in [5, 5.41) is 7.37. The topological polar surface area (TPSA) is 75.5 Å². The summed E-state index contributed by atoms with van der Waals surface area (Å²) >= 11 is 7.89. The molecule has 6 rings (SSSR count). The van der Waals surface area contributed by atoms with Gasteiger partial charge in [0.2, 0.25) is 0 Å². The molecule has 3 aromatic carbocycles. The molecule has 0 saturated heterocycles. The van der Waals surface area contributed by atoms with Crippen LogP contribution < -0.4 is 0 Å². The summed E-state index contributed by atoms with van der Waals surface area (Å²) in [7, 11) is 1.96. The molecule has 1 atom stereocenters. The maximum Gasteiger partial charge on any atom is 0.339 e. The number of aromatic nitrogens is 3. The molecule has 3 heterocycles. The van der Waals surface area contributed by atoms with E-state index in [0.29, 0.717) is 18.2 Å². The molecular formula is C34H34ClN3O4S. The van der Waals surface area contributed by atoms with Gasteiger partial charge in [0.15, 0.2) is 6.10 Å².